The zero-order chi connectivity index (χ0) is 9.47. The summed E-state index contributed by atoms with van der Waals surface area (Å²) in [5, 5.41) is 3.00. The second kappa shape index (κ2) is 2.82. The third-order valence-electron chi connectivity index (χ3n) is 2.36. The van der Waals surface area contributed by atoms with Crippen molar-refractivity contribution in [3.05, 3.63) is 29.8 Å². The van der Waals surface area contributed by atoms with Crippen molar-refractivity contribution in [1.29, 1.82) is 0 Å². The first kappa shape index (κ1) is 8.72. The van der Waals surface area contributed by atoms with Gasteiger partial charge >= 0.3 is 0 Å². The highest BCUT2D eigenvalue weighted by Gasteiger charge is 2.32. The van der Waals surface area contributed by atoms with Crippen molar-refractivity contribution in [3.8, 4) is 0 Å². The van der Waals surface area contributed by atoms with Crippen LogP contribution in [0.3, 0.4) is 0 Å². The van der Waals surface area contributed by atoms with Gasteiger partial charge in [-0.1, -0.05) is 18.2 Å². The summed E-state index contributed by atoms with van der Waals surface area (Å²) in [6.07, 6.45) is 0. The molecule has 1 N–H and O–H groups in total. The molecule has 4 heteroatoms. The molecule has 0 amide bonds. The highest BCUT2D eigenvalue weighted by atomic mass is 32.2. The molecule has 0 saturated carbocycles. The standard InChI is InChI=1S/C9H11NO2S/c1-10-8-6-13(11,12)9-5-3-2-4-7(8)9/h2-5,8,10H,6H2,1H3/t8-/m0/s1. The normalized spacial score (nSPS) is 24.2. The molecule has 0 radical (unpaired) electrons. The maximum absolute atomic E-state index is 11.6. The number of hydrogen-bond donors (Lipinski definition) is 1. The van der Waals surface area contributed by atoms with E-state index in [2.05, 4.69) is 5.32 Å². The molecule has 0 fully saturated rings. The quantitative estimate of drug-likeness (QED) is 0.722. The highest BCUT2D eigenvalue weighted by molar-refractivity contribution is 7.91. The average molecular weight is 197 g/mol. The van der Waals surface area contributed by atoms with E-state index in [9.17, 15) is 8.42 Å². The van der Waals surface area contributed by atoms with Gasteiger partial charge in [0.1, 0.15) is 0 Å². The van der Waals surface area contributed by atoms with Crippen molar-refractivity contribution < 1.29 is 8.42 Å². The Kier molecular flexibility index (Phi) is 1.89. The van der Waals surface area contributed by atoms with Crippen LogP contribution in [0.5, 0.6) is 0 Å². The predicted molar refractivity (Wildman–Crippen MR) is 50.3 cm³/mol. The number of nitrogens with one attached hydrogen (secondary N) is 1. The number of rotatable bonds is 1. The summed E-state index contributed by atoms with van der Waals surface area (Å²) in [5.74, 6) is 0.183. The van der Waals surface area contributed by atoms with Crippen molar-refractivity contribution in [2.75, 3.05) is 12.8 Å². The number of fused-ring (bicyclic) bond motifs is 1. The van der Waals surface area contributed by atoms with Gasteiger partial charge < -0.3 is 5.32 Å². The topological polar surface area (TPSA) is 46.2 Å². The number of sulfone groups is 1. The van der Waals surface area contributed by atoms with Crippen LogP contribution in [0.1, 0.15) is 11.6 Å². The fourth-order valence-electron chi connectivity index (χ4n) is 1.69. The molecule has 70 valence electrons. The summed E-state index contributed by atoms with van der Waals surface area (Å²) in [5.41, 5.74) is 0.894. The maximum atomic E-state index is 11.6. The smallest absolute Gasteiger partial charge is 0.180 e. The molecule has 0 bridgehead atoms. The molecule has 0 aromatic heterocycles. The molecule has 1 heterocycles. The first-order chi connectivity index (χ1) is 6.15. The summed E-state index contributed by atoms with van der Waals surface area (Å²) in [6.45, 7) is 0. The Hall–Kier alpha value is -0.870. The Bertz CT molecular complexity index is 425. The van der Waals surface area contributed by atoms with Crippen molar-refractivity contribution in [2.45, 2.75) is 10.9 Å². The van der Waals surface area contributed by atoms with E-state index >= 15 is 0 Å². The molecule has 2 rings (SSSR count). The van der Waals surface area contributed by atoms with Crippen LogP contribution in [-0.2, 0) is 9.84 Å². The van der Waals surface area contributed by atoms with Gasteiger partial charge in [-0.25, -0.2) is 8.42 Å². The van der Waals surface area contributed by atoms with Gasteiger partial charge in [-0.05, 0) is 18.7 Å². The average Bonchev–Trinajstić information content (AvgIpc) is 2.39. The third-order valence-corrected chi connectivity index (χ3v) is 4.18. The summed E-state index contributed by atoms with van der Waals surface area (Å²) in [4.78, 5) is 0.481. The molecular formula is C9H11NO2S. The monoisotopic (exact) mass is 197 g/mol. The van der Waals surface area contributed by atoms with E-state index in [1.54, 1.807) is 19.2 Å². The van der Waals surface area contributed by atoms with Crippen molar-refractivity contribution in [3.63, 3.8) is 0 Å². The van der Waals surface area contributed by atoms with Crippen LogP contribution in [0, 0.1) is 0 Å². The van der Waals surface area contributed by atoms with Crippen molar-refractivity contribution in [2.24, 2.45) is 0 Å². The predicted octanol–water partition coefficient (Wildman–Crippen LogP) is 0.734. The van der Waals surface area contributed by atoms with Gasteiger partial charge in [0.25, 0.3) is 0 Å². The van der Waals surface area contributed by atoms with Gasteiger partial charge in [0.2, 0.25) is 0 Å². The first-order valence-electron chi connectivity index (χ1n) is 4.14. The third kappa shape index (κ3) is 1.26. The molecule has 1 aliphatic heterocycles. The second-order valence-corrected chi connectivity index (χ2v) is 5.16. The molecule has 0 unspecified atom stereocenters. The Morgan fingerprint density at radius 3 is 2.77 bits per heavy atom. The lowest BCUT2D eigenvalue weighted by atomic mass is 10.1. The van der Waals surface area contributed by atoms with Crippen LogP contribution >= 0.6 is 0 Å². The lowest BCUT2D eigenvalue weighted by Gasteiger charge is -2.06. The first-order valence-corrected chi connectivity index (χ1v) is 5.79. The zero-order valence-corrected chi connectivity index (χ0v) is 8.14. The van der Waals surface area contributed by atoms with Gasteiger partial charge in [0.15, 0.2) is 9.84 Å². The molecule has 3 nitrogen and oxygen atoms in total. The van der Waals surface area contributed by atoms with E-state index in [0.717, 1.165) is 5.56 Å². The number of benzene rings is 1. The SMILES string of the molecule is CN[C@H]1CS(=O)(=O)c2ccccc21. The fourth-order valence-corrected chi connectivity index (χ4v) is 3.51. The molecule has 1 atom stereocenters. The Morgan fingerprint density at radius 1 is 1.38 bits per heavy atom. The Labute approximate surface area is 77.7 Å². The van der Waals surface area contributed by atoms with Gasteiger partial charge in [0.05, 0.1) is 10.6 Å². The summed E-state index contributed by atoms with van der Waals surface area (Å²) < 4.78 is 23.2. The van der Waals surface area contributed by atoms with E-state index in [-0.39, 0.29) is 11.8 Å². The summed E-state index contributed by atoms with van der Waals surface area (Å²) >= 11 is 0. The van der Waals surface area contributed by atoms with Gasteiger partial charge in [-0.15, -0.1) is 0 Å². The van der Waals surface area contributed by atoms with E-state index in [0.29, 0.717) is 4.90 Å². The van der Waals surface area contributed by atoms with Crippen molar-refractivity contribution in [1.82, 2.24) is 5.32 Å². The Balaban J connectivity index is 2.64. The minimum absolute atomic E-state index is 0.0406. The Morgan fingerprint density at radius 2 is 2.08 bits per heavy atom. The zero-order valence-electron chi connectivity index (χ0n) is 7.32. The van der Waals surface area contributed by atoms with Crippen LogP contribution in [-0.4, -0.2) is 21.2 Å². The lowest BCUT2D eigenvalue weighted by Crippen LogP contribution is -2.17. The van der Waals surface area contributed by atoms with Crippen LogP contribution in [0.25, 0.3) is 0 Å². The molecule has 0 spiro atoms. The van der Waals surface area contributed by atoms with Crippen LogP contribution in [0.2, 0.25) is 0 Å². The lowest BCUT2D eigenvalue weighted by molar-refractivity contribution is 0.591. The van der Waals surface area contributed by atoms with Crippen LogP contribution in [0.4, 0.5) is 0 Å². The van der Waals surface area contributed by atoms with Gasteiger partial charge in [-0.2, -0.15) is 0 Å². The van der Waals surface area contributed by atoms with Crippen LogP contribution in [0.15, 0.2) is 29.2 Å². The summed E-state index contributed by atoms with van der Waals surface area (Å²) in [7, 11) is -1.25. The molecule has 0 saturated heterocycles. The highest BCUT2D eigenvalue weighted by Crippen LogP contribution is 2.32. The second-order valence-electron chi connectivity index (χ2n) is 3.16. The molecule has 13 heavy (non-hydrogen) atoms. The molecule has 0 aliphatic carbocycles. The molecule has 1 aromatic rings. The molecule has 1 aromatic carbocycles. The van der Waals surface area contributed by atoms with Crippen LogP contribution < -0.4 is 5.32 Å². The van der Waals surface area contributed by atoms with Gasteiger partial charge in [0, 0.05) is 6.04 Å². The molecular weight excluding hydrogens is 186 g/mol. The minimum Gasteiger partial charge on any atom is -0.312 e. The summed E-state index contributed by atoms with van der Waals surface area (Å²) in [6, 6.07) is 7.11. The number of hydrogen-bond acceptors (Lipinski definition) is 3. The van der Waals surface area contributed by atoms with E-state index in [1.165, 1.54) is 0 Å². The van der Waals surface area contributed by atoms with E-state index in [1.807, 2.05) is 12.1 Å². The fraction of sp³-hybridized carbons (Fsp3) is 0.333. The molecule has 1 aliphatic rings. The maximum Gasteiger partial charge on any atom is 0.180 e. The van der Waals surface area contributed by atoms with Crippen molar-refractivity contribution >= 4 is 9.84 Å². The van der Waals surface area contributed by atoms with Gasteiger partial charge in [-0.3, -0.25) is 0 Å². The van der Waals surface area contributed by atoms with E-state index < -0.39 is 9.84 Å². The van der Waals surface area contributed by atoms with E-state index in [4.69, 9.17) is 0 Å². The largest absolute Gasteiger partial charge is 0.312 e. The minimum atomic E-state index is -3.03.